The molecule has 0 aliphatic rings. The first kappa shape index (κ1) is 15.4. The summed E-state index contributed by atoms with van der Waals surface area (Å²) in [6, 6.07) is 14.1. The first-order valence-electron chi connectivity index (χ1n) is 7.90. The lowest BCUT2D eigenvalue weighted by Crippen LogP contribution is -2.27. The van der Waals surface area contributed by atoms with Crippen molar-refractivity contribution in [1.82, 2.24) is 10.2 Å². The maximum atomic E-state index is 12.3. The molecule has 0 saturated carbocycles. The van der Waals surface area contributed by atoms with E-state index in [-0.39, 0.29) is 5.91 Å². The van der Waals surface area contributed by atoms with Crippen LogP contribution in [0.25, 0.3) is 16.3 Å². The van der Waals surface area contributed by atoms with E-state index in [0.717, 1.165) is 29.3 Å². The van der Waals surface area contributed by atoms with E-state index in [1.54, 1.807) is 0 Å². The van der Waals surface area contributed by atoms with Crippen LogP contribution in [0.3, 0.4) is 0 Å². The van der Waals surface area contributed by atoms with Crippen LogP contribution in [0.2, 0.25) is 0 Å². The molecule has 3 aromatic rings. The zero-order valence-electron chi connectivity index (χ0n) is 13.6. The third-order valence-electron chi connectivity index (χ3n) is 3.92. The lowest BCUT2D eigenvalue weighted by Gasteiger charge is -2.10. The topological polar surface area (TPSA) is 36.4 Å². The Kier molecular flexibility index (Phi) is 4.53. The predicted molar refractivity (Wildman–Crippen MR) is 92.6 cm³/mol. The van der Waals surface area contributed by atoms with Crippen molar-refractivity contribution in [3.05, 3.63) is 60.4 Å². The van der Waals surface area contributed by atoms with Gasteiger partial charge in [0.25, 0.3) is 5.91 Å². The van der Waals surface area contributed by atoms with E-state index in [4.69, 9.17) is 0 Å². The average molecular weight is 308 g/mol. The van der Waals surface area contributed by atoms with Crippen LogP contribution in [0.5, 0.6) is 0 Å². The normalized spacial score (nSPS) is 11.3. The highest BCUT2D eigenvalue weighted by Gasteiger charge is 2.09. The maximum Gasteiger partial charge on any atom is 0.251 e. The van der Waals surface area contributed by atoms with E-state index >= 15 is 0 Å². The minimum absolute atomic E-state index is 0.00790. The first-order chi connectivity index (χ1) is 11.1. The maximum absolute atomic E-state index is 12.3. The van der Waals surface area contributed by atoms with Crippen molar-refractivity contribution in [1.29, 1.82) is 0 Å². The largest absolute Gasteiger partial charge is 0.352 e. The van der Waals surface area contributed by atoms with Crippen LogP contribution in [0.1, 0.15) is 16.8 Å². The number of amides is 1. The zero-order valence-corrected chi connectivity index (χ0v) is 13.6. The van der Waals surface area contributed by atoms with Crippen LogP contribution in [-0.2, 0) is 0 Å². The van der Waals surface area contributed by atoms with E-state index in [1.807, 2.05) is 50.6 Å². The van der Waals surface area contributed by atoms with E-state index in [1.165, 1.54) is 0 Å². The van der Waals surface area contributed by atoms with Crippen molar-refractivity contribution in [2.24, 2.45) is 0 Å². The molecule has 0 atom stereocenters. The van der Waals surface area contributed by atoms with Gasteiger partial charge in [0.15, 0.2) is 12.4 Å². The molecule has 0 bridgehead atoms. The van der Waals surface area contributed by atoms with Gasteiger partial charge in [0.1, 0.15) is 0 Å². The van der Waals surface area contributed by atoms with Crippen molar-refractivity contribution in [3.8, 4) is 0 Å². The molecular formula is C19H22N3O+. The molecule has 0 unspecified atom stereocenters. The number of hydrogen-bond acceptors (Lipinski definition) is 2. The summed E-state index contributed by atoms with van der Waals surface area (Å²) >= 11 is 0. The Labute approximate surface area is 136 Å². The minimum atomic E-state index is -0.00790. The van der Waals surface area contributed by atoms with Gasteiger partial charge in [-0.1, -0.05) is 0 Å². The molecule has 2 aromatic heterocycles. The molecule has 0 saturated heterocycles. The fourth-order valence-electron chi connectivity index (χ4n) is 2.68. The molecule has 1 amide bonds. The molecular weight excluding hydrogens is 286 g/mol. The number of carbonyl (C=O) groups excluding carboxylic acids is 1. The predicted octanol–water partition coefficient (Wildman–Crippen LogP) is 2.26. The van der Waals surface area contributed by atoms with Gasteiger partial charge in [0.2, 0.25) is 5.52 Å². The van der Waals surface area contributed by atoms with E-state index < -0.39 is 0 Å². The second kappa shape index (κ2) is 6.75. The van der Waals surface area contributed by atoms with Gasteiger partial charge in [-0.05, 0) is 56.7 Å². The number of nitrogens with one attached hydrogen (secondary N) is 1. The molecule has 0 aliphatic heterocycles. The summed E-state index contributed by atoms with van der Waals surface area (Å²) in [5, 5.41) is 5.19. The number of nitrogens with zero attached hydrogens (tertiary/aromatic N) is 2. The summed E-state index contributed by atoms with van der Waals surface area (Å²) in [4.78, 5) is 14.4. The van der Waals surface area contributed by atoms with Crippen molar-refractivity contribution in [2.75, 3.05) is 27.2 Å². The molecule has 2 heterocycles. The summed E-state index contributed by atoms with van der Waals surface area (Å²) in [7, 11) is 4.07. The van der Waals surface area contributed by atoms with E-state index in [0.29, 0.717) is 12.1 Å². The third kappa shape index (κ3) is 3.66. The highest BCUT2D eigenvalue weighted by Crippen LogP contribution is 2.16. The number of fused-ring (bicyclic) bond motifs is 2. The van der Waals surface area contributed by atoms with E-state index in [9.17, 15) is 4.79 Å². The highest BCUT2D eigenvalue weighted by atomic mass is 16.1. The van der Waals surface area contributed by atoms with Crippen LogP contribution in [0.15, 0.2) is 54.9 Å². The lowest BCUT2D eigenvalue weighted by atomic mass is 10.1. The molecule has 118 valence electrons. The van der Waals surface area contributed by atoms with Crippen LogP contribution >= 0.6 is 0 Å². The van der Waals surface area contributed by atoms with Gasteiger partial charge in [-0.3, -0.25) is 4.79 Å². The summed E-state index contributed by atoms with van der Waals surface area (Å²) in [5.74, 6) is -0.00790. The van der Waals surface area contributed by atoms with Crippen LogP contribution in [0.4, 0.5) is 0 Å². The number of aromatic nitrogens is 1. The summed E-state index contributed by atoms with van der Waals surface area (Å²) in [5.41, 5.74) is 1.83. The minimum Gasteiger partial charge on any atom is -0.352 e. The van der Waals surface area contributed by atoms with Crippen molar-refractivity contribution in [2.45, 2.75) is 6.42 Å². The molecule has 23 heavy (non-hydrogen) atoms. The average Bonchev–Trinajstić information content (AvgIpc) is 2.56. The molecule has 1 N–H and O–H groups in total. The molecule has 1 aromatic carbocycles. The number of benzene rings is 1. The summed E-state index contributed by atoms with van der Waals surface area (Å²) in [6.45, 7) is 1.67. The SMILES string of the molecule is CN(C)CCCNC(=O)c1ccc2c[n+]3ccccc3cc2c1. The lowest BCUT2D eigenvalue weighted by molar-refractivity contribution is -0.510. The Balaban J connectivity index is 1.79. The van der Waals surface area contributed by atoms with Gasteiger partial charge in [0, 0.05) is 35.7 Å². The standard InChI is InChI=1S/C19H21N3O/c1-21(2)10-5-9-20-19(23)15-7-8-16-14-22-11-4-3-6-18(22)13-17(16)12-15/h3-4,6-8,11-14H,5,9-10H2,1-2H3/p+1. The smallest absolute Gasteiger partial charge is 0.251 e. The Hall–Kier alpha value is -2.46. The molecule has 0 fully saturated rings. The molecule has 0 spiro atoms. The van der Waals surface area contributed by atoms with Gasteiger partial charge in [-0.25, -0.2) is 0 Å². The first-order valence-corrected chi connectivity index (χ1v) is 7.90. The van der Waals surface area contributed by atoms with Crippen LogP contribution in [-0.4, -0.2) is 38.0 Å². The molecule has 4 nitrogen and oxygen atoms in total. The molecule has 3 rings (SSSR count). The number of hydrogen-bond donors (Lipinski definition) is 1. The molecule has 0 aliphatic carbocycles. The van der Waals surface area contributed by atoms with Crippen LogP contribution in [0, 0.1) is 0 Å². The Morgan fingerprint density at radius 1 is 1.13 bits per heavy atom. The fourth-order valence-corrected chi connectivity index (χ4v) is 2.68. The Bertz CT molecular complexity index is 842. The zero-order chi connectivity index (χ0) is 16.2. The molecule has 4 heteroatoms. The van der Waals surface area contributed by atoms with Crippen molar-refractivity contribution >= 4 is 22.2 Å². The number of rotatable bonds is 5. The Morgan fingerprint density at radius 2 is 2.00 bits per heavy atom. The number of carbonyl (C=O) groups is 1. The summed E-state index contributed by atoms with van der Waals surface area (Å²) in [6.07, 6.45) is 5.07. The van der Waals surface area contributed by atoms with Gasteiger partial charge in [0.05, 0.1) is 0 Å². The number of pyridine rings is 2. The van der Waals surface area contributed by atoms with Gasteiger partial charge in [-0.15, -0.1) is 0 Å². The van der Waals surface area contributed by atoms with Crippen LogP contribution < -0.4 is 9.72 Å². The molecule has 0 radical (unpaired) electrons. The quantitative estimate of drug-likeness (QED) is 0.446. The third-order valence-corrected chi connectivity index (χ3v) is 3.92. The van der Waals surface area contributed by atoms with Gasteiger partial charge < -0.3 is 10.2 Å². The second-order valence-electron chi connectivity index (χ2n) is 6.06. The van der Waals surface area contributed by atoms with Gasteiger partial charge >= 0.3 is 0 Å². The van der Waals surface area contributed by atoms with Crippen molar-refractivity contribution in [3.63, 3.8) is 0 Å². The monoisotopic (exact) mass is 308 g/mol. The highest BCUT2D eigenvalue weighted by molar-refractivity contribution is 5.98. The second-order valence-corrected chi connectivity index (χ2v) is 6.06. The summed E-state index contributed by atoms with van der Waals surface area (Å²) < 4.78 is 2.09. The Morgan fingerprint density at radius 3 is 2.83 bits per heavy atom. The van der Waals surface area contributed by atoms with E-state index in [2.05, 4.69) is 32.9 Å². The fraction of sp³-hybridized carbons (Fsp3) is 0.263. The van der Waals surface area contributed by atoms with Crippen molar-refractivity contribution < 1.29 is 9.20 Å². The van der Waals surface area contributed by atoms with Gasteiger partial charge in [-0.2, -0.15) is 4.40 Å².